The Kier molecular flexibility index (Phi) is 6.93. The highest BCUT2D eigenvalue weighted by molar-refractivity contribution is 6.33. The maximum Gasteiger partial charge on any atom is 0.274 e. The summed E-state index contributed by atoms with van der Waals surface area (Å²) in [5, 5.41) is 3.21. The average Bonchev–Trinajstić information content (AvgIpc) is 3.37. The number of nitrogen functional groups attached to an aromatic ring is 2. The molecule has 5 rings (SSSR count). The minimum absolute atomic E-state index is 0.00516. The van der Waals surface area contributed by atoms with E-state index in [-0.39, 0.29) is 23.5 Å². The van der Waals surface area contributed by atoms with Crippen LogP contribution in [-0.2, 0) is 0 Å². The van der Waals surface area contributed by atoms with Crippen LogP contribution in [-0.4, -0.2) is 45.8 Å². The SMILES string of the molecule is Nc1ccccc1-c1cnc(N)c(C(=O)N[C@@H]2CCN(C(=O)c3ccc(-c4ccc(F)cc4Cl)cc3)C2)n1. The third-order valence-corrected chi connectivity index (χ3v) is 6.75. The lowest BCUT2D eigenvalue weighted by Crippen LogP contribution is -2.39. The molecular weight excluding hydrogens is 507 g/mol. The maximum absolute atomic E-state index is 13.4. The molecule has 2 amide bonds. The fourth-order valence-electron chi connectivity index (χ4n) is 4.44. The molecule has 10 heteroatoms. The van der Waals surface area contributed by atoms with Gasteiger partial charge in [-0.2, -0.15) is 0 Å². The van der Waals surface area contributed by atoms with E-state index in [1.165, 1.54) is 18.3 Å². The molecule has 1 aromatic heterocycles. The number of aromatic nitrogens is 2. The highest BCUT2D eigenvalue weighted by Gasteiger charge is 2.29. The van der Waals surface area contributed by atoms with Gasteiger partial charge >= 0.3 is 0 Å². The molecule has 2 heterocycles. The summed E-state index contributed by atoms with van der Waals surface area (Å²) in [7, 11) is 0. The summed E-state index contributed by atoms with van der Waals surface area (Å²) in [6.07, 6.45) is 2.06. The van der Waals surface area contributed by atoms with Crippen molar-refractivity contribution in [2.45, 2.75) is 12.5 Å². The van der Waals surface area contributed by atoms with Gasteiger partial charge in [-0.15, -0.1) is 0 Å². The number of nitrogens with one attached hydrogen (secondary N) is 1. The standard InChI is InChI=1S/C28H24ClFN6O2/c29-22-13-18(30)9-10-20(22)16-5-7-17(8-6-16)28(38)36-12-11-19(15-36)34-27(37)25-26(32)33-14-24(35-25)21-3-1-2-4-23(21)31/h1-10,13-14,19H,11-12,15,31H2,(H2,32,33)(H,34,37)/t19-/m1/s1. The third kappa shape index (κ3) is 5.14. The summed E-state index contributed by atoms with van der Waals surface area (Å²) in [5.41, 5.74) is 15.5. The van der Waals surface area contributed by atoms with Crippen LogP contribution in [0.1, 0.15) is 27.3 Å². The number of likely N-dealkylation sites (tertiary alicyclic amines) is 1. The number of benzene rings is 3. The van der Waals surface area contributed by atoms with Crippen molar-refractivity contribution in [1.82, 2.24) is 20.2 Å². The molecule has 192 valence electrons. The highest BCUT2D eigenvalue weighted by Crippen LogP contribution is 2.29. The molecule has 38 heavy (non-hydrogen) atoms. The number of halogens is 2. The molecule has 0 saturated carbocycles. The number of nitrogens with zero attached hydrogens (tertiary/aromatic N) is 3. The second kappa shape index (κ2) is 10.5. The largest absolute Gasteiger partial charge is 0.398 e. The van der Waals surface area contributed by atoms with Crippen molar-refractivity contribution >= 4 is 34.9 Å². The zero-order chi connectivity index (χ0) is 26.8. The first-order valence-corrected chi connectivity index (χ1v) is 12.3. The van der Waals surface area contributed by atoms with Crippen LogP contribution >= 0.6 is 11.6 Å². The molecule has 1 saturated heterocycles. The minimum Gasteiger partial charge on any atom is -0.398 e. The third-order valence-electron chi connectivity index (χ3n) is 6.44. The van der Waals surface area contributed by atoms with Gasteiger partial charge in [-0.3, -0.25) is 9.59 Å². The molecule has 1 atom stereocenters. The lowest BCUT2D eigenvalue weighted by Gasteiger charge is -2.18. The Labute approximate surface area is 223 Å². The molecule has 4 aromatic rings. The summed E-state index contributed by atoms with van der Waals surface area (Å²) in [6, 6.07) is 18.0. The second-order valence-corrected chi connectivity index (χ2v) is 9.40. The zero-order valence-corrected chi connectivity index (χ0v) is 21.0. The molecule has 1 aliphatic rings. The van der Waals surface area contributed by atoms with Gasteiger partial charge in [0.1, 0.15) is 5.82 Å². The lowest BCUT2D eigenvalue weighted by molar-refractivity contribution is 0.0783. The van der Waals surface area contributed by atoms with Crippen LogP contribution in [0.3, 0.4) is 0 Å². The normalized spacial score (nSPS) is 14.9. The molecule has 0 aliphatic carbocycles. The smallest absolute Gasteiger partial charge is 0.274 e. The monoisotopic (exact) mass is 530 g/mol. The van der Waals surface area contributed by atoms with Gasteiger partial charge in [0.25, 0.3) is 11.8 Å². The number of hydrogen-bond donors (Lipinski definition) is 3. The Morgan fingerprint density at radius 2 is 1.79 bits per heavy atom. The van der Waals surface area contributed by atoms with Gasteiger partial charge < -0.3 is 21.7 Å². The maximum atomic E-state index is 13.4. The Bertz CT molecular complexity index is 1530. The Hall–Kier alpha value is -4.50. The van der Waals surface area contributed by atoms with E-state index in [1.807, 2.05) is 6.07 Å². The van der Waals surface area contributed by atoms with Crippen molar-refractivity contribution in [2.24, 2.45) is 0 Å². The molecule has 3 aromatic carbocycles. The first kappa shape index (κ1) is 25.2. The van der Waals surface area contributed by atoms with Gasteiger partial charge in [0.2, 0.25) is 0 Å². The lowest BCUT2D eigenvalue weighted by atomic mass is 10.0. The van der Waals surface area contributed by atoms with Crippen LogP contribution in [0.15, 0.2) is 72.9 Å². The predicted molar refractivity (Wildman–Crippen MR) is 145 cm³/mol. The van der Waals surface area contributed by atoms with E-state index in [2.05, 4.69) is 15.3 Å². The number of rotatable bonds is 5. The van der Waals surface area contributed by atoms with Crippen molar-refractivity contribution in [2.75, 3.05) is 24.6 Å². The van der Waals surface area contributed by atoms with Gasteiger partial charge in [0, 0.05) is 41.5 Å². The number of carbonyl (C=O) groups is 2. The Balaban J connectivity index is 1.24. The average molecular weight is 531 g/mol. The van der Waals surface area contributed by atoms with E-state index >= 15 is 0 Å². The van der Waals surface area contributed by atoms with E-state index in [1.54, 1.807) is 53.4 Å². The zero-order valence-electron chi connectivity index (χ0n) is 20.2. The summed E-state index contributed by atoms with van der Waals surface area (Å²) in [4.78, 5) is 36.3. The summed E-state index contributed by atoms with van der Waals surface area (Å²) in [5.74, 6) is -1.02. The van der Waals surface area contributed by atoms with Crippen LogP contribution < -0.4 is 16.8 Å². The fourth-order valence-corrected chi connectivity index (χ4v) is 4.72. The van der Waals surface area contributed by atoms with Crippen molar-refractivity contribution in [3.63, 3.8) is 0 Å². The number of amides is 2. The number of carbonyl (C=O) groups excluding carboxylic acids is 2. The van der Waals surface area contributed by atoms with Crippen LogP contribution in [0.5, 0.6) is 0 Å². The van der Waals surface area contributed by atoms with Crippen LogP contribution in [0.25, 0.3) is 22.4 Å². The topological polar surface area (TPSA) is 127 Å². The Morgan fingerprint density at radius 1 is 1.03 bits per heavy atom. The molecule has 8 nitrogen and oxygen atoms in total. The van der Waals surface area contributed by atoms with Crippen molar-refractivity contribution in [1.29, 1.82) is 0 Å². The van der Waals surface area contributed by atoms with Crippen LogP contribution in [0, 0.1) is 5.82 Å². The number of hydrogen-bond acceptors (Lipinski definition) is 6. The predicted octanol–water partition coefficient (Wildman–Crippen LogP) is 4.41. The number of anilines is 2. The molecule has 1 fully saturated rings. The van der Waals surface area contributed by atoms with Gasteiger partial charge in [0.15, 0.2) is 11.5 Å². The van der Waals surface area contributed by atoms with Gasteiger partial charge in [-0.05, 0) is 48.4 Å². The molecule has 1 aliphatic heterocycles. The van der Waals surface area contributed by atoms with Gasteiger partial charge in [0.05, 0.1) is 16.9 Å². The van der Waals surface area contributed by atoms with E-state index in [4.69, 9.17) is 23.1 Å². The minimum atomic E-state index is -0.466. The van der Waals surface area contributed by atoms with E-state index in [0.717, 1.165) is 5.56 Å². The summed E-state index contributed by atoms with van der Waals surface area (Å²) in [6.45, 7) is 0.825. The molecular formula is C28H24ClFN6O2. The van der Waals surface area contributed by atoms with Crippen molar-refractivity contribution < 1.29 is 14.0 Å². The first-order valence-electron chi connectivity index (χ1n) is 11.9. The summed E-state index contributed by atoms with van der Waals surface area (Å²) >= 11 is 6.16. The molecule has 0 radical (unpaired) electrons. The van der Waals surface area contributed by atoms with E-state index in [0.29, 0.717) is 52.6 Å². The highest BCUT2D eigenvalue weighted by atomic mass is 35.5. The quantitative estimate of drug-likeness (QED) is 0.328. The van der Waals surface area contributed by atoms with Gasteiger partial charge in [-0.25, -0.2) is 14.4 Å². The molecule has 0 unspecified atom stereocenters. The van der Waals surface area contributed by atoms with Crippen LogP contribution in [0.2, 0.25) is 5.02 Å². The fraction of sp³-hybridized carbons (Fsp3) is 0.143. The van der Waals surface area contributed by atoms with Gasteiger partial charge in [-0.1, -0.05) is 41.9 Å². The number of nitrogens with two attached hydrogens (primary N) is 2. The number of para-hydroxylation sites is 1. The summed E-state index contributed by atoms with van der Waals surface area (Å²) < 4.78 is 13.4. The van der Waals surface area contributed by atoms with E-state index < -0.39 is 11.7 Å². The Morgan fingerprint density at radius 3 is 2.53 bits per heavy atom. The molecule has 0 spiro atoms. The molecule has 0 bridgehead atoms. The van der Waals surface area contributed by atoms with Crippen molar-refractivity contribution in [3.05, 3.63) is 95.0 Å². The molecule has 5 N–H and O–H groups in total. The first-order chi connectivity index (χ1) is 18.3. The second-order valence-electron chi connectivity index (χ2n) is 8.99. The van der Waals surface area contributed by atoms with E-state index in [9.17, 15) is 14.0 Å². The van der Waals surface area contributed by atoms with Crippen molar-refractivity contribution in [3.8, 4) is 22.4 Å². The van der Waals surface area contributed by atoms with Crippen LogP contribution in [0.4, 0.5) is 15.9 Å².